The van der Waals surface area contributed by atoms with E-state index in [1.165, 1.54) is 18.7 Å². The molecule has 1 amide bonds. The van der Waals surface area contributed by atoms with Crippen LogP contribution in [0, 0.1) is 5.92 Å². The molecule has 1 aromatic heterocycles. The Bertz CT molecular complexity index is 571. The van der Waals surface area contributed by atoms with Crippen LogP contribution in [-0.2, 0) is 4.74 Å². The summed E-state index contributed by atoms with van der Waals surface area (Å²) in [6.45, 7) is 6.12. The van der Waals surface area contributed by atoms with Gasteiger partial charge >= 0.3 is 0 Å². The first-order valence-corrected chi connectivity index (χ1v) is 8.14. The molecule has 22 heavy (non-hydrogen) atoms. The van der Waals surface area contributed by atoms with Crippen LogP contribution < -0.4 is 5.56 Å². The second-order valence-corrected chi connectivity index (χ2v) is 6.54. The minimum atomic E-state index is -0.383. The fraction of sp³-hybridized carbons (Fsp3) is 0.625. The average Bonchev–Trinajstić information content (AvgIpc) is 2.49. The monoisotopic (exact) mass is 326 g/mol. The van der Waals surface area contributed by atoms with Crippen LogP contribution in [0.15, 0.2) is 17.1 Å². The summed E-state index contributed by atoms with van der Waals surface area (Å²) in [4.78, 5) is 28.0. The molecule has 6 heteroatoms. The Labute approximate surface area is 135 Å². The number of nitrogens with one attached hydrogen (secondary N) is 1. The zero-order valence-corrected chi connectivity index (χ0v) is 13.9. The third kappa shape index (κ3) is 4.58. The first-order valence-electron chi connectivity index (χ1n) is 7.76. The number of nitrogens with zero attached hydrogens (tertiary/aromatic N) is 1. The smallest absolute Gasteiger partial charge is 0.266 e. The number of morpholine rings is 1. The molecule has 0 aromatic carbocycles. The topological polar surface area (TPSA) is 62.4 Å². The molecule has 2 rings (SSSR count). The van der Waals surface area contributed by atoms with Gasteiger partial charge in [-0.1, -0.05) is 38.3 Å². The maximum atomic E-state index is 12.5. The molecule has 1 aliphatic rings. The van der Waals surface area contributed by atoms with Crippen molar-refractivity contribution in [3.8, 4) is 0 Å². The van der Waals surface area contributed by atoms with Crippen molar-refractivity contribution in [2.24, 2.45) is 5.92 Å². The molecule has 0 spiro atoms. The number of carbonyl (C=O) groups is 1. The Morgan fingerprint density at radius 3 is 3.00 bits per heavy atom. The van der Waals surface area contributed by atoms with E-state index in [9.17, 15) is 9.59 Å². The third-order valence-corrected chi connectivity index (χ3v) is 4.12. The molecule has 1 aliphatic heterocycles. The zero-order chi connectivity index (χ0) is 16.1. The summed E-state index contributed by atoms with van der Waals surface area (Å²) in [5, 5.41) is 0.0348. The van der Waals surface area contributed by atoms with E-state index in [0.717, 1.165) is 12.8 Å². The molecule has 5 nitrogen and oxygen atoms in total. The predicted octanol–water partition coefficient (Wildman–Crippen LogP) is 2.70. The van der Waals surface area contributed by atoms with Crippen LogP contribution in [0.3, 0.4) is 0 Å². The number of aromatic amines is 1. The number of rotatable bonds is 5. The highest BCUT2D eigenvalue weighted by Gasteiger charge is 2.25. The highest BCUT2D eigenvalue weighted by Crippen LogP contribution is 2.16. The van der Waals surface area contributed by atoms with E-state index >= 15 is 0 Å². The standard InChI is InChI=1S/C16H23ClN2O3/c1-11(2)4-3-5-13-10-19(6-7-22-13)16(21)12-8-14(17)15(20)18-9-12/h8-9,11,13H,3-7,10H2,1-2H3,(H,18,20)/t13-/m1/s1. The van der Waals surface area contributed by atoms with Gasteiger partial charge in [-0.15, -0.1) is 0 Å². The molecule has 1 aromatic rings. The summed E-state index contributed by atoms with van der Waals surface area (Å²) < 4.78 is 5.74. The van der Waals surface area contributed by atoms with Crippen molar-refractivity contribution >= 4 is 17.5 Å². The molecule has 0 radical (unpaired) electrons. The Balaban J connectivity index is 1.94. The lowest BCUT2D eigenvalue weighted by molar-refractivity contribution is -0.0260. The van der Waals surface area contributed by atoms with Gasteiger partial charge in [-0.05, 0) is 18.4 Å². The van der Waals surface area contributed by atoms with Crippen molar-refractivity contribution in [2.45, 2.75) is 39.2 Å². The number of ether oxygens (including phenoxy) is 1. The molecule has 0 saturated carbocycles. The molecule has 122 valence electrons. The van der Waals surface area contributed by atoms with Crippen LogP contribution in [-0.4, -0.2) is 41.6 Å². The van der Waals surface area contributed by atoms with Crippen molar-refractivity contribution in [3.05, 3.63) is 33.2 Å². The summed E-state index contributed by atoms with van der Waals surface area (Å²) >= 11 is 5.78. The van der Waals surface area contributed by atoms with Crippen LogP contribution in [0.4, 0.5) is 0 Å². The van der Waals surface area contributed by atoms with Crippen molar-refractivity contribution in [1.82, 2.24) is 9.88 Å². The number of pyridine rings is 1. The number of aromatic nitrogens is 1. The fourth-order valence-electron chi connectivity index (χ4n) is 2.59. The normalized spacial score (nSPS) is 18.7. The van der Waals surface area contributed by atoms with Crippen molar-refractivity contribution in [2.75, 3.05) is 19.7 Å². The van der Waals surface area contributed by atoms with Crippen LogP contribution in [0.5, 0.6) is 0 Å². The minimum Gasteiger partial charge on any atom is -0.375 e. The van der Waals surface area contributed by atoms with Gasteiger partial charge in [0.15, 0.2) is 0 Å². The third-order valence-electron chi connectivity index (χ3n) is 3.84. The summed E-state index contributed by atoms with van der Waals surface area (Å²) in [6.07, 6.45) is 4.75. The van der Waals surface area contributed by atoms with E-state index < -0.39 is 0 Å². The van der Waals surface area contributed by atoms with Gasteiger partial charge in [0.05, 0.1) is 18.3 Å². The Kier molecular flexibility index (Phi) is 6.03. The fourth-order valence-corrected chi connectivity index (χ4v) is 2.77. The Hall–Kier alpha value is -1.33. The lowest BCUT2D eigenvalue weighted by atomic mass is 10.0. The van der Waals surface area contributed by atoms with Crippen LogP contribution in [0.25, 0.3) is 0 Å². The molecule has 1 N–H and O–H groups in total. The number of hydrogen-bond acceptors (Lipinski definition) is 3. The maximum absolute atomic E-state index is 12.5. The van der Waals surface area contributed by atoms with Crippen molar-refractivity contribution < 1.29 is 9.53 Å². The second kappa shape index (κ2) is 7.79. The van der Waals surface area contributed by atoms with E-state index in [-0.39, 0.29) is 22.6 Å². The lowest BCUT2D eigenvalue weighted by Gasteiger charge is -2.33. The van der Waals surface area contributed by atoms with Crippen molar-refractivity contribution in [1.29, 1.82) is 0 Å². The van der Waals surface area contributed by atoms with E-state index in [1.807, 2.05) is 0 Å². The van der Waals surface area contributed by atoms with Gasteiger partial charge in [-0.25, -0.2) is 0 Å². The molecule has 2 heterocycles. The van der Waals surface area contributed by atoms with Crippen molar-refractivity contribution in [3.63, 3.8) is 0 Å². The molecular weight excluding hydrogens is 304 g/mol. The molecular formula is C16H23ClN2O3. The maximum Gasteiger partial charge on any atom is 0.266 e. The van der Waals surface area contributed by atoms with Crippen LogP contribution >= 0.6 is 11.6 Å². The number of amides is 1. The summed E-state index contributed by atoms with van der Waals surface area (Å²) in [7, 11) is 0. The number of hydrogen-bond donors (Lipinski definition) is 1. The first-order chi connectivity index (χ1) is 10.5. The van der Waals surface area contributed by atoms with E-state index in [0.29, 0.717) is 31.2 Å². The second-order valence-electron chi connectivity index (χ2n) is 6.13. The van der Waals surface area contributed by atoms with Gasteiger partial charge in [0.25, 0.3) is 11.5 Å². The lowest BCUT2D eigenvalue weighted by Crippen LogP contribution is -2.45. The van der Waals surface area contributed by atoms with E-state index in [4.69, 9.17) is 16.3 Å². The number of H-pyrrole nitrogens is 1. The van der Waals surface area contributed by atoms with Gasteiger partial charge in [0.1, 0.15) is 5.02 Å². The Morgan fingerprint density at radius 1 is 1.55 bits per heavy atom. The highest BCUT2D eigenvalue weighted by molar-refractivity contribution is 6.30. The number of carbonyl (C=O) groups excluding carboxylic acids is 1. The zero-order valence-electron chi connectivity index (χ0n) is 13.1. The molecule has 1 saturated heterocycles. The SMILES string of the molecule is CC(C)CCC[C@@H]1CN(C(=O)c2c[nH]c(=O)c(Cl)c2)CCO1. The highest BCUT2D eigenvalue weighted by atomic mass is 35.5. The molecule has 1 fully saturated rings. The van der Waals surface area contributed by atoms with Gasteiger partial charge in [0, 0.05) is 19.3 Å². The van der Waals surface area contributed by atoms with Crippen LogP contribution in [0.1, 0.15) is 43.5 Å². The van der Waals surface area contributed by atoms with Gasteiger partial charge in [0.2, 0.25) is 0 Å². The quantitative estimate of drug-likeness (QED) is 0.905. The van der Waals surface area contributed by atoms with Crippen LogP contribution in [0.2, 0.25) is 5.02 Å². The van der Waals surface area contributed by atoms with E-state index in [1.54, 1.807) is 4.90 Å². The Morgan fingerprint density at radius 2 is 2.32 bits per heavy atom. The minimum absolute atomic E-state index is 0.0348. The van der Waals surface area contributed by atoms with E-state index in [2.05, 4.69) is 18.8 Å². The summed E-state index contributed by atoms with van der Waals surface area (Å²) in [5.41, 5.74) is 0.0270. The molecule has 0 unspecified atom stereocenters. The molecule has 1 atom stereocenters. The largest absolute Gasteiger partial charge is 0.375 e. The van der Waals surface area contributed by atoms with Gasteiger partial charge < -0.3 is 14.6 Å². The predicted molar refractivity (Wildman–Crippen MR) is 86.4 cm³/mol. The average molecular weight is 327 g/mol. The molecule has 0 bridgehead atoms. The summed E-state index contributed by atoms with van der Waals surface area (Å²) in [5.74, 6) is 0.569. The van der Waals surface area contributed by atoms with Gasteiger partial charge in [-0.3, -0.25) is 9.59 Å². The van der Waals surface area contributed by atoms with Gasteiger partial charge in [-0.2, -0.15) is 0 Å². The molecule has 0 aliphatic carbocycles. The summed E-state index contributed by atoms with van der Waals surface area (Å²) in [6, 6.07) is 1.42. The number of halogens is 1. The first kappa shape index (κ1) is 17.0.